The van der Waals surface area contributed by atoms with E-state index in [9.17, 15) is 13.6 Å². The monoisotopic (exact) mass is 334 g/mol. The van der Waals surface area contributed by atoms with Crippen LogP contribution in [0.3, 0.4) is 0 Å². The Kier molecular flexibility index (Phi) is 4.04. The third kappa shape index (κ3) is 2.92. The molecule has 1 fully saturated rings. The Bertz CT molecular complexity index is 842. The third-order valence-corrected chi connectivity index (χ3v) is 4.44. The summed E-state index contributed by atoms with van der Waals surface area (Å²) in [7, 11) is 3.25. The number of aliphatic imine (C=N–C) groups is 1. The maximum Gasteiger partial charge on any atom is 0.266 e. The predicted molar refractivity (Wildman–Crippen MR) is 85.8 cm³/mol. The fraction of sp³-hybridized carbons (Fsp3) is 0.125. The number of likely N-dealkylation sites (N-methyl/N-ethyl adjacent to an activating group) is 1. The summed E-state index contributed by atoms with van der Waals surface area (Å²) in [6.07, 6.45) is 1.58. The number of hydrogen-bond donors (Lipinski definition) is 0. The number of amides is 1. The van der Waals surface area contributed by atoms with E-state index in [0.717, 1.165) is 12.1 Å². The van der Waals surface area contributed by atoms with Crippen molar-refractivity contribution in [2.24, 2.45) is 4.99 Å². The van der Waals surface area contributed by atoms with E-state index in [4.69, 9.17) is 4.42 Å². The number of rotatable bonds is 2. The number of nitrogens with zero attached hydrogens (tertiary/aromatic N) is 2. The van der Waals surface area contributed by atoms with Gasteiger partial charge in [-0.05, 0) is 36.0 Å². The van der Waals surface area contributed by atoms with Crippen molar-refractivity contribution < 1.29 is 18.0 Å². The van der Waals surface area contributed by atoms with Crippen LogP contribution in [0.15, 0.2) is 44.6 Å². The van der Waals surface area contributed by atoms with Crippen molar-refractivity contribution in [1.82, 2.24) is 4.90 Å². The Morgan fingerprint density at radius 2 is 2.04 bits per heavy atom. The number of furan rings is 1. The molecule has 0 aliphatic carbocycles. The second-order valence-electron chi connectivity index (χ2n) is 4.81. The maximum atomic E-state index is 13.8. The first-order chi connectivity index (χ1) is 11.0. The lowest BCUT2D eigenvalue weighted by molar-refractivity contribution is -0.121. The number of benzene rings is 1. The Morgan fingerprint density at radius 1 is 1.26 bits per heavy atom. The first kappa shape index (κ1) is 15.5. The third-order valence-electron chi connectivity index (χ3n) is 3.29. The molecule has 0 spiro atoms. The molecule has 2 heterocycles. The molecule has 0 atom stereocenters. The van der Waals surface area contributed by atoms with E-state index in [2.05, 4.69) is 4.99 Å². The van der Waals surface area contributed by atoms with Crippen LogP contribution < -0.4 is 0 Å². The molecular weight excluding hydrogens is 322 g/mol. The molecule has 3 rings (SSSR count). The molecule has 2 aromatic rings. The van der Waals surface area contributed by atoms with E-state index in [1.807, 2.05) is 0 Å². The summed E-state index contributed by atoms with van der Waals surface area (Å²) in [5.41, 5.74) is 0.161. The van der Waals surface area contributed by atoms with Crippen LogP contribution in [-0.2, 0) is 4.79 Å². The minimum atomic E-state index is -0.704. The van der Waals surface area contributed by atoms with Crippen molar-refractivity contribution in [3.63, 3.8) is 0 Å². The lowest BCUT2D eigenvalue weighted by Crippen LogP contribution is -2.23. The maximum absolute atomic E-state index is 13.8. The van der Waals surface area contributed by atoms with E-state index < -0.39 is 11.6 Å². The smallest absolute Gasteiger partial charge is 0.266 e. The largest absolute Gasteiger partial charge is 0.457 e. The highest BCUT2D eigenvalue weighted by Crippen LogP contribution is 2.33. The molecule has 118 valence electrons. The molecule has 0 unspecified atom stereocenters. The molecular formula is C16H12F2N2O2S. The molecule has 1 amide bonds. The highest BCUT2D eigenvalue weighted by molar-refractivity contribution is 8.18. The van der Waals surface area contributed by atoms with Gasteiger partial charge in [0.2, 0.25) is 0 Å². The van der Waals surface area contributed by atoms with Gasteiger partial charge in [-0.2, -0.15) is 0 Å². The minimum absolute atomic E-state index is 0.161. The molecule has 0 saturated carbocycles. The minimum Gasteiger partial charge on any atom is -0.457 e. The zero-order valence-electron chi connectivity index (χ0n) is 12.3. The molecule has 1 aromatic carbocycles. The Labute approximate surface area is 135 Å². The zero-order valence-corrected chi connectivity index (χ0v) is 13.2. The summed E-state index contributed by atoms with van der Waals surface area (Å²) >= 11 is 1.24. The molecule has 1 saturated heterocycles. The number of hydrogen-bond acceptors (Lipinski definition) is 4. The highest BCUT2D eigenvalue weighted by atomic mass is 32.2. The summed E-state index contributed by atoms with van der Waals surface area (Å²) in [5, 5.41) is 0.595. The summed E-state index contributed by atoms with van der Waals surface area (Å²) in [5.74, 6) is -0.859. The number of carbonyl (C=O) groups is 1. The van der Waals surface area contributed by atoms with Crippen molar-refractivity contribution in [3.05, 3.63) is 52.6 Å². The Morgan fingerprint density at radius 3 is 2.70 bits per heavy atom. The lowest BCUT2D eigenvalue weighted by atomic mass is 10.1. The van der Waals surface area contributed by atoms with Crippen molar-refractivity contribution in [2.45, 2.75) is 0 Å². The first-order valence-electron chi connectivity index (χ1n) is 6.69. The van der Waals surface area contributed by atoms with Gasteiger partial charge >= 0.3 is 0 Å². The summed E-state index contributed by atoms with van der Waals surface area (Å²) < 4.78 is 32.3. The van der Waals surface area contributed by atoms with Crippen LogP contribution in [-0.4, -0.2) is 30.1 Å². The van der Waals surface area contributed by atoms with Gasteiger partial charge < -0.3 is 4.42 Å². The first-order valence-corrected chi connectivity index (χ1v) is 7.51. The summed E-state index contributed by atoms with van der Waals surface area (Å²) in [6, 6.07) is 6.47. The number of amidine groups is 1. The topological polar surface area (TPSA) is 45.8 Å². The Balaban J connectivity index is 1.91. The number of thioether (sulfide) groups is 1. The van der Waals surface area contributed by atoms with Gasteiger partial charge in [-0.1, -0.05) is 0 Å². The second kappa shape index (κ2) is 6.00. The molecule has 0 bridgehead atoms. The molecule has 1 aliphatic rings. The van der Waals surface area contributed by atoms with Crippen LogP contribution in [0.1, 0.15) is 5.76 Å². The summed E-state index contributed by atoms with van der Waals surface area (Å²) in [4.78, 5) is 18.0. The van der Waals surface area contributed by atoms with Gasteiger partial charge in [-0.15, -0.1) is 0 Å². The van der Waals surface area contributed by atoms with Gasteiger partial charge in [-0.3, -0.25) is 14.7 Å². The molecule has 4 nitrogen and oxygen atoms in total. The van der Waals surface area contributed by atoms with Gasteiger partial charge in [-0.25, -0.2) is 8.78 Å². The second-order valence-corrected chi connectivity index (χ2v) is 5.82. The van der Waals surface area contributed by atoms with Gasteiger partial charge in [0.05, 0.1) is 10.5 Å². The molecule has 7 heteroatoms. The highest BCUT2D eigenvalue weighted by Gasteiger charge is 2.30. The quantitative estimate of drug-likeness (QED) is 0.786. The van der Waals surface area contributed by atoms with E-state index in [0.29, 0.717) is 15.8 Å². The van der Waals surface area contributed by atoms with Gasteiger partial charge in [0.25, 0.3) is 5.91 Å². The Hall–Kier alpha value is -2.41. The number of carbonyl (C=O) groups excluding carboxylic acids is 1. The van der Waals surface area contributed by atoms with Gasteiger partial charge in [0.15, 0.2) is 5.17 Å². The van der Waals surface area contributed by atoms with Crippen LogP contribution in [0, 0.1) is 11.6 Å². The van der Waals surface area contributed by atoms with Crippen LogP contribution >= 0.6 is 11.8 Å². The average molecular weight is 334 g/mol. The van der Waals surface area contributed by atoms with Crippen LogP contribution in [0.5, 0.6) is 0 Å². The molecule has 1 aromatic heterocycles. The SMILES string of the molecule is CN=C1S/C(=C\c2ccc(-c3ccc(F)cc3F)o2)C(=O)N1C. The average Bonchev–Trinajstić information content (AvgIpc) is 3.07. The van der Waals surface area contributed by atoms with Crippen molar-refractivity contribution >= 4 is 28.9 Å². The van der Waals surface area contributed by atoms with E-state index in [1.54, 1.807) is 32.3 Å². The predicted octanol–water partition coefficient (Wildman–Crippen LogP) is 3.76. The van der Waals surface area contributed by atoms with Crippen molar-refractivity contribution in [2.75, 3.05) is 14.1 Å². The molecule has 0 radical (unpaired) electrons. The van der Waals surface area contributed by atoms with Crippen LogP contribution in [0.4, 0.5) is 8.78 Å². The molecule has 23 heavy (non-hydrogen) atoms. The van der Waals surface area contributed by atoms with Crippen LogP contribution in [0.25, 0.3) is 17.4 Å². The summed E-state index contributed by atoms with van der Waals surface area (Å²) in [6.45, 7) is 0. The fourth-order valence-electron chi connectivity index (χ4n) is 2.14. The van der Waals surface area contributed by atoms with E-state index in [1.165, 1.54) is 22.7 Å². The fourth-order valence-corrected chi connectivity index (χ4v) is 3.05. The normalized spacial score (nSPS) is 18.4. The van der Waals surface area contributed by atoms with Crippen molar-refractivity contribution in [3.8, 4) is 11.3 Å². The standard InChI is InChI=1S/C16H12F2N2O2S/c1-19-16-20(2)15(21)14(23-16)8-10-4-6-13(22-10)11-5-3-9(17)7-12(11)18/h3-8H,1-2H3/b14-8-,19-16?. The lowest BCUT2D eigenvalue weighted by Gasteiger charge is -2.04. The zero-order chi connectivity index (χ0) is 16.6. The van der Waals surface area contributed by atoms with Crippen LogP contribution in [0.2, 0.25) is 0 Å². The molecule has 1 aliphatic heterocycles. The molecule has 0 N–H and O–H groups in total. The van der Waals surface area contributed by atoms with Gasteiger partial charge in [0, 0.05) is 26.2 Å². The number of halogens is 2. The van der Waals surface area contributed by atoms with E-state index >= 15 is 0 Å². The van der Waals surface area contributed by atoms with Crippen molar-refractivity contribution in [1.29, 1.82) is 0 Å². The van der Waals surface area contributed by atoms with E-state index in [-0.39, 0.29) is 17.2 Å². The van der Waals surface area contributed by atoms with Gasteiger partial charge in [0.1, 0.15) is 23.2 Å².